The third-order valence-electron chi connectivity index (χ3n) is 5.20. The number of halogens is 2. The Morgan fingerprint density at radius 1 is 0.886 bits per heavy atom. The fourth-order valence-electron chi connectivity index (χ4n) is 3.66. The number of carbonyl (C=O) groups excluding carboxylic acids is 3. The summed E-state index contributed by atoms with van der Waals surface area (Å²) >= 11 is 12.3. The first-order chi connectivity index (χ1) is 16.7. The third-order valence-corrected chi connectivity index (χ3v) is 5.79. The van der Waals surface area contributed by atoms with Crippen LogP contribution < -0.4 is 19.7 Å². The van der Waals surface area contributed by atoms with Crippen LogP contribution in [0.5, 0.6) is 11.5 Å². The molecular weight excluding hydrogens is 491 g/mol. The van der Waals surface area contributed by atoms with E-state index < -0.39 is 17.8 Å². The van der Waals surface area contributed by atoms with Gasteiger partial charge in [-0.2, -0.15) is 0 Å². The van der Waals surface area contributed by atoms with Crippen LogP contribution in [0.25, 0.3) is 0 Å². The van der Waals surface area contributed by atoms with E-state index in [-0.39, 0.29) is 22.2 Å². The highest BCUT2D eigenvalue weighted by molar-refractivity contribution is 6.53. The number of hydrogen-bond donors (Lipinski definition) is 1. The quantitative estimate of drug-likeness (QED) is 0.263. The Kier molecular flexibility index (Phi) is 6.82. The number of amides is 2. The van der Waals surface area contributed by atoms with E-state index >= 15 is 0 Å². The number of aryl methyl sites for hydroxylation is 2. The fourth-order valence-corrected chi connectivity index (χ4v) is 4.04. The molecule has 0 aromatic heterocycles. The summed E-state index contributed by atoms with van der Waals surface area (Å²) in [6.07, 6.45) is 0. The Labute approximate surface area is 211 Å². The SMILES string of the molecule is COc1ccc(Cl)cc1N1C(=O)C(Cl)=C(Nc2ccc(C(=O)Oc3cc(C)cc(C)c3)cc2)C1=O. The maximum Gasteiger partial charge on any atom is 0.343 e. The molecule has 0 aliphatic carbocycles. The number of ether oxygens (including phenoxy) is 2. The van der Waals surface area contributed by atoms with Crippen LogP contribution in [-0.4, -0.2) is 24.9 Å². The van der Waals surface area contributed by atoms with Gasteiger partial charge in [0.1, 0.15) is 22.2 Å². The molecule has 1 N–H and O–H groups in total. The number of esters is 1. The zero-order chi connectivity index (χ0) is 25.3. The highest BCUT2D eigenvalue weighted by atomic mass is 35.5. The van der Waals surface area contributed by atoms with E-state index in [2.05, 4.69) is 5.32 Å². The van der Waals surface area contributed by atoms with E-state index in [9.17, 15) is 14.4 Å². The van der Waals surface area contributed by atoms with Gasteiger partial charge in [-0.05, 0) is 79.6 Å². The van der Waals surface area contributed by atoms with E-state index in [1.54, 1.807) is 48.5 Å². The van der Waals surface area contributed by atoms with Gasteiger partial charge < -0.3 is 14.8 Å². The Morgan fingerprint density at radius 3 is 2.17 bits per heavy atom. The van der Waals surface area contributed by atoms with Crippen molar-refractivity contribution in [2.45, 2.75) is 13.8 Å². The molecule has 1 aliphatic heterocycles. The summed E-state index contributed by atoms with van der Waals surface area (Å²) in [5.41, 5.74) is 2.80. The predicted molar refractivity (Wildman–Crippen MR) is 134 cm³/mol. The zero-order valence-electron chi connectivity index (χ0n) is 19.0. The molecule has 178 valence electrons. The van der Waals surface area contributed by atoms with Crippen molar-refractivity contribution in [3.05, 3.63) is 93.1 Å². The second-order valence-electron chi connectivity index (χ2n) is 7.87. The molecular formula is C26H20Cl2N2O5. The molecule has 4 rings (SSSR count). The third kappa shape index (κ3) is 5.01. The normalized spacial score (nSPS) is 13.3. The van der Waals surface area contributed by atoms with Crippen LogP contribution in [0.3, 0.4) is 0 Å². The smallest absolute Gasteiger partial charge is 0.343 e. The highest BCUT2D eigenvalue weighted by Gasteiger charge is 2.40. The Morgan fingerprint density at radius 2 is 1.54 bits per heavy atom. The van der Waals surface area contributed by atoms with Crippen molar-refractivity contribution in [1.82, 2.24) is 0 Å². The minimum atomic E-state index is -0.714. The van der Waals surface area contributed by atoms with E-state index in [0.717, 1.165) is 16.0 Å². The first-order valence-electron chi connectivity index (χ1n) is 10.5. The number of hydrogen-bond acceptors (Lipinski definition) is 6. The molecule has 1 heterocycles. The summed E-state index contributed by atoms with van der Waals surface area (Å²) in [5.74, 6) is -1.16. The molecule has 0 radical (unpaired) electrons. The fraction of sp³-hybridized carbons (Fsp3) is 0.115. The largest absolute Gasteiger partial charge is 0.495 e. The Bertz CT molecular complexity index is 1360. The number of nitrogens with one attached hydrogen (secondary N) is 1. The lowest BCUT2D eigenvalue weighted by Crippen LogP contribution is -2.32. The van der Waals surface area contributed by atoms with Gasteiger partial charge in [0.2, 0.25) is 0 Å². The van der Waals surface area contributed by atoms with Crippen LogP contribution in [0.2, 0.25) is 5.02 Å². The van der Waals surface area contributed by atoms with Crippen LogP contribution in [0, 0.1) is 13.8 Å². The maximum atomic E-state index is 13.1. The summed E-state index contributed by atoms with van der Waals surface area (Å²) < 4.78 is 10.7. The summed E-state index contributed by atoms with van der Waals surface area (Å²) in [6, 6.07) is 16.4. The minimum Gasteiger partial charge on any atom is -0.495 e. The molecule has 0 bridgehead atoms. The number of imide groups is 1. The second-order valence-corrected chi connectivity index (χ2v) is 8.68. The van der Waals surface area contributed by atoms with Crippen LogP contribution >= 0.6 is 23.2 Å². The summed E-state index contributed by atoms with van der Waals surface area (Å²) in [4.78, 5) is 39.3. The summed E-state index contributed by atoms with van der Waals surface area (Å²) in [6.45, 7) is 3.84. The van der Waals surface area contributed by atoms with E-state index in [1.165, 1.54) is 13.2 Å². The van der Waals surface area contributed by atoms with Gasteiger partial charge in [0, 0.05) is 10.7 Å². The van der Waals surface area contributed by atoms with Gasteiger partial charge in [-0.25, -0.2) is 9.69 Å². The monoisotopic (exact) mass is 510 g/mol. The first kappa shape index (κ1) is 24.3. The predicted octanol–water partition coefficient (Wildman–Crippen LogP) is 5.62. The van der Waals surface area contributed by atoms with Crippen LogP contribution in [-0.2, 0) is 9.59 Å². The van der Waals surface area contributed by atoms with Gasteiger partial charge in [-0.15, -0.1) is 0 Å². The van der Waals surface area contributed by atoms with Crippen LogP contribution in [0.1, 0.15) is 21.5 Å². The van der Waals surface area contributed by atoms with Gasteiger partial charge in [-0.1, -0.05) is 29.3 Å². The van der Waals surface area contributed by atoms with E-state index in [0.29, 0.717) is 22.0 Å². The Hall–Kier alpha value is -3.81. The highest BCUT2D eigenvalue weighted by Crippen LogP contribution is 2.37. The molecule has 35 heavy (non-hydrogen) atoms. The lowest BCUT2D eigenvalue weighted by atomic mass is 10.1. The van der Waals surface area contributed by atoms with Crippen molar-refractivity contribution in [1.29, 1.82) is 0 Å². The summed E-state index contributed by atoms with van der Waals surface area (Å²) in [7, 11) is 1.42. The molecule has 0 spiro atoms. The molecule has 0 saturated heterocycles. The number of methoxy groups -OCH3 is 1. The average molecular weight is 511 g/mol. The maximum absolute atomic E-state index is 13.1. The van der Waals surface area contributed by atoms with Crippen molar-refractivity contribution in [3.8, 4) is 11.5 Å². The molecule has 0 fully saturated rings. The molecule has 0 atom stereocenters. The van der Waals surface area contributed by atoms with Crippen LogP contribution in [0.4, 0.5) is 11.4 Å². The molecule has 1 aliphatic rings. The number of nitrogens with zero attached hydrogens (tertiary/aromatic N) is 1. The van der Waals surface area contributed by atoms with Crippen molar-refractivity contribution in [2.24, 2.45) is 0 Å². The number of benzene rings is 3. The van der Waals surface area contributed by atoms with Gasteiger partial charge in [0.25, 0.3) is 11.8 Å². The average Bonchev–Trinajstić information content (AvgIpc) is 3.01. The standard InChI is InChI=1S/C26H20Cl2N2O5/c1-14-10-15(2)12-19(11-14)35-26(33)16-4-7-18(8-5-16)29-23-22(28)24(31)30(25(23)32)20-13-17(27)6-9-21(20)34-3/h4-13,29H,1-3H3. The van der Waals surface area contributed by atoms with Gasteiger partial charge in [0.15, 0.2) is 0 Å². The molecule has 3 aromatic rings. The van der Waals surface area contributed by atoms with Crippen molar-refractivity contribution in [2.75, 3.05) is 17.3 Å². The lowest BCUT2D eigenvalue weighted by molar-refractivity contribution is -0.120. The van der Waals surface area contributed by atoms with Crippen molar-refractivity contribution < 1.29 is 23.9 Å². The molecule has 0 unspecified atom stereocenters. The topological polar surface area (TPSA) is 84.9 Å². The number of carbonyl (C=O) groups is 3. The van der Waals surface area contributed by atoms with Gasteiger partial charge in [-0.3, -0.25) is 9.59 Å². The first-order valence-corrected chi connectivity index (χ1v) is 11.2. The Balaban J connectivity index is 1.51. The van der Waals surface area contributed by atoms with Gasteiger partial charge in [0.05, 0.1) is 18.4 Å². The zero-order valence-corrected chi connectivity index (χ0v) is 20.5. The molecule has 9 heteroatoms. The lowest BCUT2D eigenvalue weighted by Gasteiger charge is -2.18. The van der Waals surface area contributed by atoms with E-state index in [1.807, 2.05) is 19.9 Å². The second kappa shape index (κ2) is 9.82. The van der Waals surface area contributed by atoms with Crippen LogP contribution in [0.15, 0.2) is 71.4 Å². The number of rotatable bonds is 6. The van der Waals surface area contributed by atoms with E-state index in [4.69, 9.17) is 32.7 Å². The summed E-state index contributed by atoms with van der Waals surface area (Å²) in [5, 5.41) is 2.90. The van der Waals surface area contributed by atoms with Crippen molar-refractivity contribution in [3.63, 3.8) is 0 Å². The minimum absolute atomic E-state index is 0.107. The molecule has 2 amide bonds. The van der Waals surface area contributed by atoms with Gasteiger partial charge >= 0.3 is 5.97 Å². The molecule has 3 aromatic carbocycles. The van der Waals surface area contributed by atoms with Crippen molar-refractivity contribution >= 4 is 52.4 Å². The molecule has 7 nitrogen and oxygen atoms in total. The molecule has 0 saturated carbocycles. The number of anilines is 2.